The summed E-state index contributed by atoms with van der Waals surface area (Å²) in [6, 6.07) is 26.8. The molecule has 0 aliphatic heterocycles. The number of benzene rings is 3. The Morgan fingerprint density at radius 3 is 1.81 bits per heavy atom. The van der Waals surface area contributed by atoms with Gasteiger partial charge >= 0.3 is 5.71 Å². The molecule has 0 bridgehead atoms. The number of rotatable bonds is 4. The molecule has 158 valence electrons. The van der Waals surface area contributed by atoms with Crippen LogP contribution in [-0.2, 0) is 5.54 Å². The van der Waals surface area contributed by atoms with Gasteiger partial charge in [0.1, 0.15) is 16.6 Å². The normalized spacial score (nSPS) is 17.9. The van der Waals surface area contributed by atoms with E-state index in [1.54, 1.807) is 10.9 Å². The zero-order chi connectivity index (χ0) is 22.1. The van der Waals surface area contributed by atoms with Gasteiger partial charge in [-0.3, -0.25) is 5.21 Å². The third-order valence-corrected chi connectivity index (χ3v) is 5.75. The van der Waals surface area contributed by atoms with Crippen molar-refractivity contribution in [2.45, 2.75) is 5.54 Å². The van der Waals surface area contributed by atoms with Crippen LogP contribution >= 0.6 is 0 Å². The number of allylic oxidation sites excluding steroid dienone is 4. The Kier molecular flexibility index (Phi) is 4.78. The maximum Gasteiger partial charge on any atom is 0.302 e. The zero-order valence-corrected chi connectivity index (χ0v) is 16.9. The average molecular weight is 426 g/mol. The van der Waals surface area contributed by atoms with E-state index in [-0.39, 0.29) is 0 Å². The second-order valence-electron chi connectivity index (χ2n) is 7.53. The average Bonchev–Trinajstić information content (AvgIpc) is 3.25. The van der Waals surface area contributed by atoms with Crippen molar-refractivity contribution in [2.75, 3.05) is 0 Å². The summed E-state index contributed by atoms with van der Waals surface area (Å²) in [4.78, 5) is 1.16. The van der Waals surface area contributed by atoms with E-state index in [0.717, 1.165) is 11.1 Å². The van der Waals surface area contributed by atoms with Gasteiger partial charge in [0.25, 0.3) is 0 Å². The molecule has 3 aromatic carbocycles. The molecule has 1 atom stereocenters. The van der Waals surface area contributed by atoms with Crippen LogP contribution < -0.4 is 0 Å². The summed E-state index contributed by atoms with van der Waals surface area (Å²) < 4.78 is 15.0. The summed E-state index contributed by atoms with van der Waals surface area (Å²) in [5, 5.41) is 30.2. The lowest BCUT2D eigenvalue weighted by Gasteiger charge is -2.39. The summed E-state index contributed by atoms with van der Waals surface area (Å²) in [6.45, 7) is 0. The van der Waals surface area contributed by atoms with E-state index in [1.807, 2.05) is 84.9 Å². The van der Waals surface area contributed by atoms with Crippen LogP contribution in [-0.4, -0.2) is 30.8 Å². The molecule has 1 heterocycles. The van der Waals surface area contributed by atoms with Crippen LogP contribution in [0.1, 0.15) is 11.1 Å². The van der Waals surface area contributed by atoms with Gasteiger partial charge in [-0.15, -0.1) is 0 Å². The topological polar surface area (TPSA) is 77.0 Å². The van der Waals surface area contributed by atoms with Crippen molar-refractivity contribution in [1.82, 2.24) is 15.0 Å². The molecule has 5 rings (SSSR count). The van der Waals surface area contributed by atoms with Gasteiger partial charge in [0, 0.05) is 16.9 Å². The molecule has 32 heavy (non-hydrogen) atoms. The molecule has 1 aliphatic carbocycles. The predicted octanol–water partition coefficient (Wildman–Crippen LogP) is 4.60. The molecule has 1 N–H and O–H groups in total. The molecule has 1 unspecified atom stereocenters. The summed E-state index contributed by atoms with van der Waals surface area (Å²) in [5.41, 5.74) is 1.61. The lowest BCUT2D eigenvalue weighted by atomic mass is 9.71. The first-order valence-electron chi connectivity index (χ1n) is 10.1. The van der Waals surface area contributed by atoms with Gasteiger partial charge in [-0.2, -0.15) is 19.4 Å². The van der Waals surface area contributed by atoms with Gasteiger partial charge in [0.15, 0.2) is 5.83 Å². The second kappa shape index (κ2) is 7.77. The third-order valence-electron chi connectivity index (χ3n) is 5.75. The van der Waals surface area contributed by atoms with E-state index in [4.69, 9.17) is 10.2 Å². The third kappa shape index (κ3) is 3.06. The Balaban J connectivity index is 1.86. The van der Waals surface area contributed by atoms with Crippen molar-refractivity contribution < 1.29 is 14.5 Å². The first kappa shape index (κ1) is 19.7. The maximum absolute atomic E-state index is 15.0. The summed E-state index contributed by atoms with van der Waals surface area (Å²) >= 11 is 0. The minimum absolute atomic E-state index is 0.449. The Bertz CT molecular complexity index is 1280. The van der Waals surface area contributed by atoms with Crippen LogP contribution in [0.3, 0.4) is 0 Å². The monoisotopic (exact) mass is 426 g/mol. The summed E-state index contributed by atoms with van der Waals surface area (Å²) in [7, 11) is 0. The molecule has 0 fully saturated rings. The zero-order valence-electron chi connectivity index (χ0n) is 16.9. The summed E-state index contributed by atoms with van der Waals surface area (Å²) in [6.07, 6.45) is 4.30. The molecule has 1 aromatic heterocycles. The van der Waals surface area contributed by atoms with Crippen molar-refractivity contribution in [1.29, 1.82) is 0 Å². The van der Waals surface area contributed by atoms with E-state index < -0.39 is 27.9 Å². The molecule has 1 aliphatic rings. The van der Waals surface area contributed by atoms with E-state index in [1.165, 1.54) is 12.2 Å². The van der Waals surface area contributed by atoms with Crippen LogP contribution in [0, 0.1) is 11.1 Å². The molecule has 0 saturated heterocycles. The minimum Gasteiger partial charge on any atom is -0.417 e. The number of aromatic nitrogens is 3. The molecule has 0 amide bonds. The SMILES string of the molecule is [O-]/[N+](O)=C1/C=CC(C(c2ccccc2)(c2ccccc2)n2nc3ccccc3n2)C=C1F. The van der Waals surface area contributed by atoms with Gasteiger partial charge in [-0.05, 0) is 29.3 Å². The number of hydrogen-bond donors (Lipinski definition) is 1. The van der Waals surface area contributed by atoms with E-state index in [2.05, 4.69) is 0 Å². The number of nitrogens with zero attached hydrogens (tertiary/aromatic N) is 4. The van der Waals surface area contributed by atoms with Crippen molar-refractivity contribution >= 4 is 16.7 Å². The highest BCUT2D eigenvalue weighted by atomic mass is 19.1. The highest BCUT2D eigenvalue weighted by molar-refractivity contribution is 6.04. The van der Waals surface area contributed by atoms with E-state index in [0.29, 0.717) is 11.0 Å². The van der Waals surface area contributed by atoms with Crippen LogP contribution in [0.25, 0.3) is 11.0 Å². The second-order valence-corrected chi connectivity index (χ2v) is 7.53. The van der Waals surface area contributed by atoms with Gasteiger partial charge in [0.05, 0.1) is 0 Å². The highest BCUT2D eigenvalue weighted by Gasteiger charge is 2.46. The highest BCUT2D eigenvalue weighted by Crippen LogP contribution is 2.43. The first-order valence-corrected chi connectivity index (χ1v) is 10.1. The van der Waals surface area contributed by atoms with Crippen LogP contribution in [0.15, 0.2) is 109 Å². The molecule has 6 nitrogen and oxygen atoms in total. The molecule has 7 heteroatoms. The molecule has 0 radical (unpaired) electrons. The number of hydrogen-bond acceptors (Lipinski definition) is 4. The fraction of sp³-hybridized carbons (Fsp3) is 0.0800. The smallest absolute Gasteiger partial charge is 0.302 e. The minimum atomic E-state index is -1.05. The van der Waals surface area contributed by atoms with E-state index >= 15 is 0 Å². The Morgan fingerprint density at radius 2 is 1.34 bits per heavy atom. The maximum atomic E-state index is 15.0. The van der Waals surface area contributed by atoms with Crippen molar-refractivity contribution in [2.24, 2.45) is 5.92 Å². The number of fused-ring (bicyclic) bond motifs is 1. The summed E-state index contributed by atoms with van der Waals surface area (Å²) in [5.74, 6) is -1.42. The number of halogens is 1. The standard InChI is InChI=1S/C25H19FN4O2/c26-21-17-20(15-16-24(21)29(31)32)25(18-9-3-1-4-10-18,19-11-5-2-6-12-19)30-27-22-13-7-8-14-23(22)28-30/h1-17,20H,(H,31,32). The van der Waals surface area contributed by atoms with E-state index in [9.17, 15) is 14.8 Å². The van der Waals surface area contributed by atoms with Crippen molar-refractivity contribution in [3.63, 3.8) is 0 Å². The van der Waals surface area contributed by atoms with Crippen molar-refractivity contribution in [3.05, 3.63) is 125 Å². The molecule has 0 saturated carbocycles. The van der Waals surface area contributed by atoms with Gasteiger partial charge in [-0.1, -0.05) is 78.9 Å². The molecular formula is C25H19FN4O2. The van der Waals surface area contributed by atoms with Crippen LogP contribution in [0.5, 0.6) is 0 Å². The largest absolute Gasteiger partial charge is 0.417 e. The molecule has 0 spiro atoms. The lowest BCUT2D eigenvalue weighted by Crippen LogP contribution is -2.44. The van der Waals surface area contributed by atoms with Crippen molar-refractivity contribution in [3.8, 4) is 0 Å². The Labute approximate surface area is 183 Å². The Morgan fingerprint density at radius 1 is 0.844 bits per heavy atom. The van der Waals surface area contributed by atoms with Crippen LogP contribution in [0.4, 0.5) is 4.39 Å². The lowest BCUT2D eigenvalue weighted by molar-refractivity contribution is -0.725. The van der Waals surface area contributed by atoms with Gasteiger partial charge < -0.3 is 5.21 Å². The fourth-order valence-electron chi connectivity index (χ4n) is 4.31. The predicted molar refractivity (Wildman–Crippen MR) is 119 cm³/mol. The van der Waals surface area contributed by atoms with Gasteiger partial charge in [-0.25, -0.2) is 0 Å². The Hall–Kier alpha value is -4.26. The quantitative estimate of drug-likeness (QED) is 0.294. The van der Waals surface area contributed by atoms with Crippen LogP contribution in [0.2, 0.25) is 0 Å². The first-order chi connectivity index (χ1) is 15.6. The van der Waals surface area contributed by atoms with Gasteiger partial charge in [0.2, 0.25) is 0 Å². The molecular weight excluding hydrogens is 407 g/mol. The molecule has 4 aromatic rings. The fourth-order valence-corrected chi connectivity index (χ4v) is 4.31.